The van der Waals surface area contributed by atoms with Gasteiger partial charge in [0.2, 0.25) is 5.91 Å². The lowest BCUT2D eigenvalue weighted by Gasteiger charge is -2.12. The predicted molar refractivity (Wildman–Crippen MR) is 88.3 cm³/mol. The standard InChI is InChI=1S/C15H21N3O2S/c1-10(2)9-13(19)17-15(21)16-12-7-5-11(6-8-12)14(20)18(3)4/h5-8,10H,9H2,1-4H3,(H2,16,17,19,21). The molecule has 0 aliphatic rings. The van der Waals surface area contributed by atoms with Gasteiger partial charge in [-0.15, -0.1) is 0 Å². The van der Waals surface area contributed by atoms with Gasteiger partial charge < -0.3 is 15.5 Å². The number of nitrogens with one attached hydrogen (secondary N) is 2. The molecule has 0 atom stereocenters. The topological polar surface area (TPSA) is 61.4 Å². The molecule has 0 fully saturated rings. The van der Waals surface area contributed by atoms with Crippen molar-refractivity contribution in [3.63, 3.8) is 0 Å². The zero-order chi connectivity index (χ0) is 16.0. The van der Waals surface area contributed by atoms with E-state index in [0.717, 1.165) is 5.69 Å². The van der Waals surface area contributed by atoms with Crippen molar-refractivity contribution < 1.29 is 9.59 Å². The zero-order valence-corrected chi connectivity index (χ0v) is 13.6. The van der Waals surface area contributed by atoms with E-state index in [2.05, 4.69) is 10.6 Å². The van der Waals surface area contributed by atoms with Crippen LogP contribution in [-0.2, 0) is 4.79 Å². The molecule has 0 saturated heterocycles. The van der Waals surface area contributed by atoms with Gasteiger partial charge in [0.25, 0.3) is 5.91 Å². The maximum atomic E-state index is 11.7. The van der Waals surface area contributed by atoms with Crippen molar-refractivity contribution in [2.45, 2.75) is 20.3 Å². The number of nitrogens with zero attached hydrogens (tertiary/aromatic N) is 1. The molecule has 21 heavy (non-hydrogen) atoms. The SMILES string of the molecule is CC(C)CC(=O)NC(=S)Nc1ccc(C(=O)N(C)C)cc1. The summed E-state index contributed by atoms with van der Waals surface area (Å²) in [4.78, 5) is 24.8. The Morgan fingerprint density at radius 1 is 1.19 bits per heavy atom. The van der Waals surface area contributed by atoms with Gasteiger partial charge in [-0.1, -0.05) is 13.8 Å². The first-order valence-corrected chi connectivity index (χ1v) is 7.13. The molecule has 2 amide bonds. The summed E-state index contributed by atoms with van der Waals surface area (Å²) >= 11 is 5.07. The number of carbonyl (C=O) groups is 2. The Labute approximate surface area is 130 Å². The van der Waals surface area contributed by atoms with Gasteiger partial charge in [-0.25, -0.2) is 0 Å². The first-order valence-electron chi connectivity index (χ1n) is 6.72. The van der Waals surface area contributed by atoms with Gasteiger partial charge in [0.1, 0.15) is 0 Å². The fraction of sp³-hybridized carbons (Fsp3) is 0.400. The first kappa shape index (κ1) is 17.1. The number of thiocarbonyl (C=S) groups is 1. The molecule has 0 aliphatic carbocycles. The van der Waals surface area contributed by atoms with E-state index in [1.54, 1.807) is 38.4 Å². The van der Waals surface area contributed by atoms with Crippen LogP contribution in [0, 0.1) is 5.92 Å². The van der Waals surface area contributed by atoms with Crippen LogP contribution in [-0.4, -0.2) is 35.9 Å². The molecule has 0 saturated carbocycles. The lowest BCUT2D eigenvalue weighted by atomic mass is 10.1. The maximum absolute atomic E-state index is 11.7. The number of anilines is 1. The highest BCUT2D eigenvalue weighted by molar-refractivity contribution is 7.80. The third-order valence-corrected chi connectivity index (χ3v) is 2.85. The van der Waals surface area contributed by atoms with Crippen molar-refractivity contribution in [2.75, 3.05) is 19.4 Å². The van der Waals surface area contributed by atoms with Crippen LogP contribution in [0.2, 0.25) is 0 Å². The molecule has 0 bridgehead atoms. The number of benzene rings is 1. The molecule has 5 nitrogen and oxygen atoms in total. The van der Waals surface area contributed by atoms with Crippen LogP contribution in [0.15, 0.2) is 24.3 Å². The minimum Gasteiger partial charge on any atom is -0.345 e. The third-order valence-electron chi connectivity index (χ3n) is 2.64. The molecule has 0 unspecified atom stereocenters. The average molecular weight is 307 g/mol. The van der Waals surface area contributed by atoms with E-state index in [1.165, 1.54) is 4.90 Å². The molecule has 114 valence electrons. The Balaban J connectivity index is 2.58. The summed E-state index contributed by atoms with van der Waals surface area (Å²) in [6.07, 6.45) is 0.429. The van der Waals surface area contributed by atoms with Gasteiger partial charge in [-0.05, 0) is 42.4 Å². The second-order valence-corrected chi connectivity index (χ2v) is 5.79. The number of hydrogen-bond acceptors (Lipinski definition) is 3. The van der Waals surface area contributed by atoms with E-state index in [-0.39, 0.29) is 22.8 Å². The van der Waals surface area contributed by atoms with Gasteiger partial charge >= 0.3 is 0 Å². The number of rotatable bonds is 4. The van der Waals surface area contributed by atoms with E-state index in [9.17, 15) is 9.59 Å². The third kappa shape index (κ3) is 5.91. The minimum atomic E-state index is -0.109. The Kier molecular flexibility index (Phi) is 6.30. The number of carbonyl (C=O) groups excluding carboxylic acids is 2. The molecule has 2 N–H and O–H groups in total. The van der Waals surface area contributed by atoms with E-state index < -0.39 is 0 Å². The molecule has 1 aromatic carbocycles. The normalized spacial score (nSPS) is 10.1. The van der Waals surface area contributed by atoms with Crippen LogP contribution in [0.5, 0.6) is 0 Å². The van der Waals surface area contributed by atoms with Crippen molar-refractivity contribution in [2.24, 2.45) is 5.92 Å². The summed E-state index contributed by atoms with van der Waals surface area (Å²) in [6, 6.07) is 6.92. The molecule has 1 aromatic rings. The van der Waals surface area contributed by atoms with Crippen LogP contribution in [0.4, 0.5) is 5.69 Å². The summed E-state index contributed by atoms with van der Waals surface area (Å²) in [5.74, 6) is 0.111. The Bertz CT molecular complexity index is 524. The molecule has 1 rings (SSSR count). The van der Waals surface area contributed by atoms with E-state index >= 15 is 0 Å². The van der Waals surface area contributed by atoms with Crippen molar-refractivity contribution in [3.8, 4) is 0 Å². The second kappa shape index (κ2) is 7.73. The summed E-state index contributed by atoms with van der Waals surface area (Å²) in [5, 5.41) is 5.79. The molecule has 6 heteroatoms. The van der Waals surface area contributed by atoms with Crippen LogP contribution >= 0.6 is 12.2 Å². The Morgan fingerprint density at radius 2 is 1.76 bits per heavy atom. The fourth-order valence-electron chi connectivity index (χ4n) is 1.67. The summed E-state index contributed by atoms with van der Waals surface area (Å²) in [6.45, 7) is 3.94. The summed E-state index contributed by atoms with van der Waals surface area (Å²) < 4.78 is 0. The smallest absolute Gasteiger partial charge is 0.253 e. The van der Waals surface area contributed by atoms with Crippen LogP contribution in [0.25, 0.3) is 0 Å². The highest BCUT2D eigenvalue weighted by atomic mass is 32.1. The van der Waals surface area contributed by atoms with Crippen molar-refractivity contribution >= 4 is 34.8 Å². The molecular formula is C15H21N3O2S. The second-order valence-electron chi connectivity index (χ2n) is 5.38. The summed E-state index contributed by atoms with van der Waals surface area (Å²) in [7, 11) is 3.40. The molecule has 0 radical (unpaired) electrons. The van der Waals surface area contributed by atoms with Crippen LogP contribution in [0.1, 0.15) is 30.6 Å². The Hall–Kier alpha value is -1.95. The van der Waals surface area contributed by atoms with Gasteiger partial charge in [-0.2, -0.15) is 0 Å². The first-order chi connectivity index (χ1) is 9.79. The highest BCUT2D eigenvalue weighted by Crippen LogP contribution is 2.10. The quantitative estimate of drug-likeness (QED) is 0.838. The van der Waals surface area contributed by atoms with E-state index in [0.29, 0.717) is 12.0 Å². The largest absolute Gasteiger partial charge is 0.345 e. The van der Waals surface area contributed by atoms with E-state index in [1.807, 2.05) is 13.8 Å². The molecule has 0 aromatic heterocycles. The molecule has 0 spiro atoms. The lowest BCUT2D eigenvalue weighted by Crippen LogP contribution is -2.34. The van der Waals surface area contributed by atoms with Crippen LogP contribution < -0.4 is 10.6 Å². The van der Waals surface area contributed by atoms with Crippen molar-refractivity contribution in [1.29, 1.82) is 0 Å². The van der Waals surface area contributed by atoms with Crippen molar-refractivity contribution in [3.05, 3.63) is 29.8 Å². The van der Waals surface area contributed by atoms with Gasteiger partial charge in [0, 0.05) is 31.8 Å². The molecule has 0 heterocycles. The Morgan fingerprint density at radius 3 is 2.24 bits per heavy atom. The van der Waals surface area contributed by atoms with Gasteiger partial charge in [-0.3, -0.25) is 9.59 Å². The zero-order valence-electron chi connectivity index (χ0n) is 12.8. The summed E-state index contributed by atoms with van der Waals surface area (Å²) in [5.41, 5.74) is 1.32. The lowest BCUT2D eigenvalue weighted by molar-refractivity contribution is -0.120. The predicted octanol–water partition coefficient (Wildman–Crippen LogP) is 2.25. The fourth-order valence-corrected chi connectivity index (χ4v) is 1.90. The molecule has 0 aliphatic heterocycles. The van der Waals surface area contributed by atoms with Gasteiger partial charge in [0.05, 0.1) is 0 Å². The molecular weight excluding hydrogens is 286 g/mol. The highest BCUT2D eigenvalue weighted by Gasteiger charge is 2.09. The number of amides is 2. The number of hydrogen-bond donors (Lipinski definition) is 2. The maximum Gasteiger partial charge on any atom is 0.253 e. The monoisotopic (exact) mass is 307 g/mol. The van der Waals surface area contributed by atoms with Crippen LogP contribution in [0.3, 0.4) is 0 Å². The minimum absolute atomic E-state index is 0.0608. The van der Waals surface area contributed by atoms with Gasteiger partial charge in [0.15, 0.2) is 5.11 Å². The van der Waals surface area contributed by atoms with E-state index in [4.69, 9.17) is 12.2 Å². The van der Waals surface area contributed by atoms with Crippen molar-refractivity contribution in [1.82, 2.24) is 10.2 Å². The average Bonchev–Trinajstić information content (AvgIpc) is 2.37.